The van der Waals surface area contributed by atoms with E-state index in [1.54, 1.807) is 6.92 Å². The highest BCUT2D eigenvalue weighted by molar-refractivity contribution is 5.09. The molecule has 0 aromatic heterocycles. The Hall–Kier alpha value is -0.400. The Kier molecular flexibility index (Phi) is 3.03. The van der Waals surface area contributed by atoms with Gasteiger partial charge in [-0.05, 0) is 55.3 Å². The zero-order chi connectivity index (χ0) is 12.9. The molecule has 0 aliphatic heterocycles. The average Bonchev–Trinajstić information content (AvgIpc) is 2.96. The second kappa shape index (κ2) is 4.31. The molecule has 102 valence electrons. The second-order valence-corrected chi connectivity index (χ2v) is 6.86. The van der Waals surface area contributed by atoms with Crippen molar-refractivity contribution in [3.05, 3.63) is 12.2 Å². The van der Waals surface area contributed by atoms with Gasteiger partial charge in [-0.25, -0.2) is 8.78 Å². The van der Waals surface area contributed by atoms with Crippen LogP contribution in [-0.2, 0) is 0 Å². The fraction of sp³-hybridized carbons (Fsp3) is 0.875. The van der Waals surface area contributed by atoms with E-state index in [0.29, 0.717) is 23.7 Å². The predicted octanol–water partition coefficient (Wildman–Crippen LogP) is 4.91. The van der Waals surface area contributed by atoms with Crippen LogP contribution in [0.3, 0.4) is 0 Å². The summed E-state index contributed by atoms with van der Waals surface area (Å²) in [5.41, 5.74) is 0. The number of halogens is 2. The van der Waals surface area contributed by atoms with Crippen LogP contribution in [0.2, 0.25) is 0 Å². The maximum absolute atomic E-state index is 14.2. The van der Waals surface area contributed by atoms with E-state index >= 15 is 0 Å². The van der Waals surface area contributed by atoms with E-state index in [4.69, 9.17) is 0 Å². The van der Waals surface area contributed by atoms with Gasteiger partial charge in [-0.1, -0.05) is 26.0 Å². The molecule has 18 heavy (non-hydrogen) atoms. The largest absolute Gasteiger partial charge is 0.250 e. The van der Waals surface area contributed by atoms with Crippen molar-refractivity contribution >= 4 is 0 Å². The molecule has 0 N–H and O–H groups in total. The molecule has 3 aliphatic rings. The van der Waals surface area contributed by atoms with Gasteiger partial charge in [0.05, 0.1) is 0 Å². The number of hydrogen-bond acceptors (Lipinski definition) is 0. The maximum Gasteiger partial charge on any atom is 0.250 e. The van der Waals surface area contributed by atoms with Crippen molar-refractivity contribution in [3.8, 4) is 0 Å². The summed E-state index contributed by atoms with van der Waals surface area (Å²) in [5, 5.41) is 0. The molecule has 3 aliphatic carbocycles. The fourth-order valence-electron chi connectivity index (χ4n) is 4.82. The average molecular weight is 254 g/mol. The van der Waals surface area contributed by atoms with Gasteiger partial charge in [-0.2, -0.15) is 0 Å². The van der Waals surface area contributed by atoms with E-state index in [9.17, 15) is 8.78 Å². The van der Waals surface area contributed by atoms with Gasteiger partial charge in [-0.3, -0.25) is 0 Å². The second-order valence-electron chi connectivity index (χ2n) is 6.86. The van der Waals surface area contributed by atoms with E-state index in [1.807, 2.05) is 0 Å². The van der Waals surface area contributed by atoms with E-state index in [2.05, 4.69) is 19.1 Å². The van der Waals surface area contributed by atoms with E-state index in [1.165, 1.54) is 6.42 Å². The first-order chi connectivity index (χ1) is 8.51. The first kappa shape index (κ1) is 12.6. The van der Waals surface area contributed by atoms with Gasteiger partial charge in [0.15, 0.2) is 0 Å². The summed E-state index contributed by atoms with van der Waals surface area (Å²) < 4.78 is 28.3. The Bertz CT molecular complexity index is 347. The zero-order valence-corrected chi connectivity index (χ0v) is 11.4. The molecule has 3 rings (SSSR count). The van der Waals surface area contributed by atoms with E-state index in [-0.39, 0.29) is 18.3 Å². The molecule has 6 unspecified atom stereocenters. The summed E-state index contributed by atoms with van der Waals surface area (Å²) in [6, 6.07) is 0. The van der Waals surface area contributed by atoms with Crippen molar-refractivity contribution in [2.75, 3.05) is 0 Å². The van der Waals surface area contributed by atoms with Gasteiger partial charge in [0.25, 0.3) is 5.92 Å². The summed E-state index contributed by atoms with van der Waals surface area (Å²) in [5.74, 6) is -0.311. The molecule has 0 nitrogen and oxygen atoms in total. The summed E-state index contributed by atoms with van der Waals surface area (Å²) in [4.78, 5) is 0. The lowest BCUT2D eigenvalue weighted by molar-refractivity contribution is -0.0845. The van der Waals surface area contributed by atoms with Crippen molar-refractivity contribution in [1.29, 1.82) is 0 Å². The van der Waals surface area contributed by atoms with E-state index in [0.717, 1.165) is 19.3 Å². The molecule has 0 aromatic carbocycles. The number of alkyl halides is 2. The summed E-state index contributed by atoms with van der Waals surface area (Å²) in [7, 11) is 0. The quantitative estimate of drug-likeness (QED) is 0.614. The van der Waals surface area contributed by atoms with Gasteiger partial charge in [0, 0.05) is 12.3 Å². The summed E-state index contributed by atoms with van der Waals surface area (Å²) in [6.07, 6.45) is 8.89. The minimum absolute atomic E-state index is 0.0114. The molecule has 2 heteroatoms. The van der Waals surface area contributed by atoms with Crippen molar-refractivity contribution < 1.29 is 8.78 Å². The van der Waals surface area contributed by atoms with Crippen LogP contribution < -0.4 is 0 Å². The van der Waals surface area contributed by atoms with Crippen LogP contribution in [0.4, 0.5) is 8.78 Å². The minimum Gasteiger partial charge on any atom is -0.207 e. The normalized spacial score (nSPS) is 47.1. The molecule has 0 saturated heterocycles. The van der Waals surface area contributed by atoms with Crippen LogP contribution in [0.25, 0.3) is 0 Å². The molecule has 0 heterocycles. The topological polar surface area (TPSA) is 0 Å². The van der Waals surface area contributed by atoms with Crippen LogP contribution >= 0.6 is 0 Å². The van der Waals surface area contributed by atoms with Crippen molar-refractivity contribution in [2.24, 2.45) is 35.5 Å². The third kappa shape index (κ3) is 1.92. The zero-order valence-electron chi connectivity index (χ0n) is 11.4. The minimum atomic E-state index is -2.44. The number of hydrogen-bond donors (Lipinski definition) is 0. The Balaban J connectivity index is 1.87. The van der Waals surface area contributed by atoms with Crippen LogP contribution in [-0.4, -0.2) is 5.92 Å². The van der Waals surface area contributed by atoms with Crippen molar-refractivity contribution in [2.45, 2.75) is 51.9 Å². The lowest BCUT2D eigenvalue weighted by Crippen LogP contribution is -2.34. The van der Waals surface area contributed by atoms with Gasteiger partial charge >= 0.3 is 0 Å². The number of rotatable bonds is 2. The fourth-order valence-corrected chi connectivity index (χ4v) is 4.82. The lowest BCUT2D eigenvalue weighted by Gasteiger charge is -2.34. The van der Waals surface area contributed by atoms with Crippen molar-refractivity contribution in [3.63, 3.8) is 0 Å². The lowest BCUT2D eigenvalue weighted by atomic mass is 9.73. The number of allylic oxidation sites excluding steroid dienone is 2. The van der Waals surface area contributed by atoms with Crippen molar-refractivity contribution in [1.82, 2.24) is 0 Å². The van der Waals surface area contributed by atoms with Crippen LogP contribution in [0.1, 0.15) is 46.0 Å². The third-order valence-electron chi connectivity index (χ3n) is 5.92. The van der Waals surface area contributed by atoms with Gasteiger partial charge in [0.2, 0.25) is 0 Å². The highest BCUT2D eigenvalue weighted by Gasteiger charge is 2.52. The Morgan fingerprint density at radius 3 is 2.61 bits per heavy atom. The smallest absolute Gasteiger partial charge is 0.207 e. The Labute approximate surface area is 109 Å². The molecule has 2 saturated carbocycles. The molecular formula is C16H24F2. The molecule has 0 amide bonds. The molecule has 0 spiro atoms. The molecule has 2 fully saturated rings. The molecule has 6 atom stereocenters. The molecule has 0 aromatic rings. The maximum atomic E-state index is 14.2. The monoisotopic (exact) mass is 254 g/mol. The Morgan fingerprint density at radius 1 is 1.11 bits per heavy atom. The summed E-state index contributed by atoms with van der Waals surface area (Å²) in [6.45, 7) is 3.86. The molecule has 0 radical (unpaired) electrons. The molecular weight excluding hydrogens is 230 g/mol. The van der Waals surface area contributed by atoms with Gasteiger partial charge in [0.1, 0.15) is 0 Å². The third-order valence-corrected chi connectivity index (χ3v) is 5.92. The van der Waals surface area contributed by atoms with E-state index < -0.39 is 5.92 Å². The first-order valence-electron chi connectivity index (χ1n) is 7.57. The SMILES string of the molecule is CCC(F)(F)C1CC2CC3C=CC(C3)C(C)C1C2. The van der Waals surface area contributed by atoms with Gasteiger partial charge < -0.3 is 0 Å². The van der Waals surface area contributed by atoms with Crippen LogP contribution in [0.15, 0.2) is 12.2 Å². The standard InChI is InChI=1S/C16H24F2/c1-3-16(17,18)15-9-12-6-11-4-5-13(7-11)10(2)14(15)8-12/h4-5,10-15H,3,6-9H2,1-2H3. The Morgan fingerprint density at radius 2 is 1.89 bits per heavy atom. The van der Waals surface area contributed by atoms with Crippen LogP contribution in [0.5, 0.6) is 0 Å². The highest BCUT2D eigenvalue weighted by Crippen LogP contribution is 2.55. The predicted molar refractivity (Wildman–Crippen MR) is 69.5 cm³/mol. The van der Waals surface area contributed by atoms with Crippen LogP contribution in [0, 0.1) is 35.5 Å². The summed E-state index contributed by atoms with van der Waals surface area (Å²) >= 11 is 0. The van der Waals surface area contributed by atoms with Gasteiger partial charge in [-0.15, -0.1) is 0 Å². The molecule has 4 bridgehead atoms. The highest BCUT2D eigenvalue weighted by atomic mass is 19.3. The first-order valence-corrected chi connectivity index (χ1v) is 7.57. The number of fused-ring (bicyclic) bond motifs is 4.